The molecule has 1 rings (SSSR count). The molecular formula is C10H10INO. The maximum Gasteiger partial charge on any atom is 0.0684 e. The van der Waals surface area contributed by atoms with Gasteiger partial charge in [0.15, 0.2) is 0 Å². The summed E-state index contributed by atoms with van der Waals surface area (Å²) in [6.07, 6.45) is 1.23. The summed E-state index contributed by atoms with van der Waals surface area (Å²) in [6, 6.07) is 7.92. The maximum atomic E-state index is 9.06. The van der Waals surface area contributed by atoms with Crippen molar-refractivity contribution in [2.75, 3.05) is 0 Å². The summed E-state index contributed by atoms with van der Waals surface area (Å²) in [4.78, 5) is 0. The van der Waals surface area contributed by atoms with Crippen molar-refractivity contribution >= 4 is 22.6 Å². The SMILES string of the molecule is N#CCCc1c(I)cccc1CO. The normalized spacial score (nSPS) is 9.62. The van der Waals surface area contributed by atoms with Crippen molar-refractivity contribution in [1.29, 1.82) is 5.26 Å². The topological polar surface area (TPSA) is 44.0 Å². The number of hydrogen-bond donors (Lipinski definition) is 1. The van der Waals surface area contributed by atoms with Crippen LogP contribution in [0.1, 0.15) is 17.5 Å². The lowest BCUT2D eigenvalue weighted by molar-refractivity contribution is 0.280. The zero-order chi connectivity index (χ0) is 9.68. The van der Waals surface area contributed by atoms with Crippen LogP contribution < -0.4 is 0 Å². The summed E-state index contributed by atoms with van der Waals surface area (Å²) in [7, 11) is 0. The van der Waals surface area contributed by atoms with Gasteiger partial charge < -0.3 is 5.11 Å². The third-order valence-corrected chi connectivity index (χ3v) is 2.88. The highest BCUT2D eigenvalue weighted by molar-refractivity contribution is 14.1. The van der Waals surface area contributed by atoms with E-state index in [1.165, 1.54) is 0 Å². The van der Waals surface area contributed by atoms with Gasteiger partial charge in [0, 0.05) is 9.99 Å². The molecular weight excluding hydrogens is 277 g/mol. The summed E-state index contributed by atoms with van der Waals surface area (Å²) in [5, 5.41) is 17.5. The number of nitriles is 1. The Balaban J connectivity index is 2.95. The molecule has 0 bridgehead atoms. The molecule has 0 amide bonds. The number of rotatable bonds is 3. The fourth-order valence-corrected chi connectivity index (χ4v) is 2.04. The highest BCUT2D eigenvalue weighted by Gasteiger charge is 2.04. The molecule has 0 aliphatic rings. The predicted molar refractivity (Wildman–Crippen MR) is 59.0 cm³/mol. The Morgan fingerprint density at radius 3 is 2.85 bits per heavy atom. The molecule has 1 N–H and O–H groups in total. The molecule has 0 heterocycles. The molecule has 0 atom stereocenters. The second-order valence-electron chi connectivity index (χ2n) is 2.69. The average molecular weight is 287 g/mol. The number of halogens is 1. The molecule has 1 aromatic carbocycles. The third-order valence-electron chi connectivity index (χ3n) is 1.87. The Morgan fingerprint density at radius 2 is 2.23 bits per heavy atom. The molecule has 0 radical (unpaired) electrons. The van der Waals surface area contributed by atoms with Crippen molar-refractivity contribution in [2.45, 2.75) is 19.4 Å². The van der Waals surface area contributed by atoms with Crippen LogP contribution in [0.5, 0.6) is 0 Å². The molecule has 0 unspecified atom stereocenters. The molecule has 68 valence electrons. The van der Waals surface area contributed by atoms with Crippen LogP contribution in [-0.2, 0) is 13.0 Å². The molecule has 0 aliphatic heterocycles. The van der Waals surface area contributed by atoms with Crippen molar-refractivity contribution in [3.8, 4) is 6.07 Å². The van der Waals surface area contributed by atoms with Crippen LogP contribution >= 0.6 is 22.6 Å². The highest BCUT2D eigenvalue weighted by Crippen LogP contribution is 2.18. The summed E-state index contributed by atoms with van der Waals surface area (Å²) in [5.74, 6) is 0. The molecule has 13 heavy (non-hydrogen) atoms. The van der Waals surface area contributed by atoms with E-state index in [4.69, 9.17) is 10.4 Å². The minimum atomic E-state index is 0.0532. The van der Waals surface area contributed by atoms with Crippen molar-refractivity contribution in [3.05, 3.63) is 32.9 Å². The monoisotopic (exact) mass is 287 g/mol. The predicted octanol–water partition coefficient (Wildman–Crippen LogP) is 2.24. The molecule has 0 spiro atoms. The van der Waals surface area contributed by atoms with E-state index in [0.29, 0.717) is 6.42 Å². The Morgan fingerprint density at radius 1 is 1.46 bits per heavy atom. The Kier molecular flexibility index (Phi) is 4.19. The van der Waals surface area contributed by atoms with Gasteiger partial charge in [0.25, 0.3) is 0 Å². The molecule has 0 fully saturated rings. The molecule has 0 aliphatic carbocycles. The van der Waals surface area contributed by atoms with Crippen LogP contribution in [0.15, 0.2) is 18.2 Å². The Hall–Kier alpha value is -0.600. The zero-order valence-electron chi connectivity index (χ0n) is 7.13. The van der Waals surface area contributed by atoms with Crippen LogP contribution in [0.3, 0.4) is 0 Å². The average Bonchev–Trinajstić information content (AvgIpc) is 2.15. The van der Waals surface area contributed by atoms with E-state index in [2.05, 4.69) is 28.7 Å². The van der Waals surface area contributed by atoms with Gasteiger partial charge in [-0.25, -0.2) is 0 Å². The lowest BCUT2D eigenvalue weighted by Crippen LogP contribution is -1.96. The number of hydrogen-bond acceptors (Lipinski definition) is 2. The largest absolute Gasteiger partial charge is 0.392 e. The standard InChI is InChI=1S/C10H10INO/c11-10-5-1-3-8(7-13)9(10)4-2-6-12/h1,3,5,13H,2,4,7H2. The summed E-state index contributed by atoms with van der Waals surface area (Å²) < 4.78 is 1.12. The van der Waals surface area contributed by atoms with E-state index in [0.717, 1.165) is 21.1 Å². The fraction of sp³-hybridized carbons (Fsp3) is 0.300. The number of benzene rings is 1. The second kappa shape index (κ2) is 5.20. The van der Waals surface area contributed by atoms with E-state index in [1.807, 2.05) is 18.2 Å². The third kappa shape index (κ3) is 2.68. The van der Waals surface area contributed by atoms with Gasteiger partial charge in [-0.1, -0.05) is 12.1 Å². The molecule has 2 nitrogen and oxygen atoms in total. The number of aliphatic hydroxyl groups excluding tert-OH is 1. The first-order chi connectivity index (χ1) is 6.29. The minimum absolute atomic E-state index is 0.0532. The highest BCUT2D eigenvalue weighted by atomic mass is 127. The van der Waals surface area contributed by atoms with Crippen LogP contribution in [0.2, 0.25) is 0 Å². The van der Waals surface area contributed by atoms with Gasteiger partial charge >= 0.3 is 0 Å². The number of aliphatic hydroxyl groups is 1. The van der Waals surface area contributed by atoms with Crippen molar-refractivity contribution in [1.82, 2.24) is 0 Å². The van der Waals surface area contributed by atoms with Crippen molar-refractivity contribution < 1.29 is 5.11 Å². The van der Waals surface area contributed by atoms with E-state index < -0.39 is 0 Å². The van der Waals surface area contributed by atoms with Crippen LogP contribution in [0.25, 0.3) is 0 Å². The first kappa shape index (κ1) is 10.5. The maximum absolute atomic E-state index is 9.06. The Bertz CT molecular complexity index is 330. The van der Waals surface area contributed by atoms with Gasteiger partial charge in [0.1, 0.15) is 0 Å². The van der Waals surface area contributed by atoms with Gasteiger partial charge in [-0.05, 0) is 46.2 Å². The first-order valence-corrected chi connectivity index (χ1v) is 5.11. The van der Waals surface area contributed by atoms with E-state index >= 15 is 0 Å². The van der Waals surface area contributed by atoms with Crippen LogP contribution in [0, 0.1) is 14.9 Å². The lowest BCUT2D eigenvalue weighted by atomic mass is 10.0. The molecule has 0 saturated carbocycles. The van der Waals surface area contributed by atoms with E-state index in [9.17, 15) is 0 Å². The summed E-state index contributed by atoms with van der Waals surface area (Å²) >= 11 is 2.23. The zero-order valence-corrected chi connectivity index (χ0v) is 9.28. The molecule has 0 aromatic heterocycles. The van der Waals surface area contributed by atoms with Gasteiger partial charge in [0.05, 0.1) is 12.7 Å². The van der Waals surface area contributed by atoms with Gasteiger partial charge in [0.2, 0.25) is 0 Å². The van der Waals surface area contributed by atoms with Crippen LogP contribution in [0.4, 0.5) is 0 Å². The first-order valence-electron chi connectivity index (χ1n) is 4.03. The quantitative estimate of drug-likeness (QED) is 0.866. The van der Waals surface area contributed by atoms with E-state index in [1.54, 1.807) is 0 Å². The summed E-state index contributed by atoms with van der Waals surface area (Å²) in [5.41, 5.74) is 2.04. The van der Waals surface area contributed by atoms with Crippen molar-refractivity contribution in [3.63, 3.8) is 0 Å². The summed E-state index contributed by atoms with van der Waals surface area (Å²) in [6.45, 7) is 0.0532. The second-order valence-corrected chi connectivity index (χ2v) is 3.86. The fourth-order valence-electron chi connectivity index (χ4n) is 1.21. The van der Waals surface area contributed by atoms with Gasteiger partial charge in [-0.2, -0.15) is 5.26 Å². The number of nitrogens with zero attached hydrogens (tertiary/aromatic N) is 1. The van der Waals surface area contributed by atoms with Crippen molar-refractivity contribution in [2.24, 2.45) is 0 Å². The minimum Gasteiger partial charge on any atom is -0.392 e. The molecule has 1 aromatic rings. The smallest absolute Gasteiger partial charge is 0.0684 e. The van der Waals surface area contributed by atoms with Gasteiger partial charge in [-0.3, -0.25) is 0 Å². The lowest BCUT2D eigenvalue weighted by Gasteiger charge is -2.07. The molecule has 0 saturated heterocycles. The van der Waals surface area contributed by atoms with Crippen LogP contribution in [-0.4, -0.2) is 5.11 Å². The molecule has 3 heteroatoms. The van der Waals surface area contributed by atoms with Gasteiger partial charge in [-0.15, -0.1) is 0 Å². The van der Waals surface area contributed by atoms with E-state index in [-0.39, 0.29) is 6.61 Å². The Labute approximate surface area is 91.3 Å².